The van der Waals surface area contributed by atoms with Crippen LogP contribution in [-0.4, -0.2) is 57.1 Å². The fourth-order valence-corrected chi connectivity index (χ4v) is 6.05. The van der Waals surface area contributed by atoms with E-state index in [-0.39, 0.29) is 43.8 Å². The van der Waals surface area contributed by atoms with Crippen LogP contribution in [0, 0.1) is 11.8 Å². The number of esters is 2. The van der Waals surface area contributed by atoms with Gasteiger partial charge in [-0.25, -0.2) is 0 Å². The molecule has 1 fully saturated rings. The van der Waals surface area contributed by atoms with Crippen LogP contribution in [0.25, 0.3) is 0 Å². The first-order chi connectivity index (χ1) is 20.4. The van der Waals surface area contributed by atoms with E-state index in [1.165, 1.54) is 14.2 Å². The van der Waals surface area contributed by atoms with Gasteiger partial charge in [-0.3, -0.25) is 14.4 Å². The van der Waals surface area contributed by atoms with Crippen molar-refractivity contribution in [3.05, 3.63) is 76.9 Å². The monoisotopic (exact) mass is 575 g/mol. The second-order valence-corrected chi connectivity index (χ2v) is 10.2. The second kappa shape index (κ2) is 11.2. The van der Waals surface area contributed by atoms with Gasteiger partial charge < -0.3 is 38.8 Å². The maximum absolute atomic E-state index is 13.7. The third kappa shape index (κ3) is 4.80. The lowest BCUT2D eigenvalue weighted by molar-refractivity contribution is -0.145. The first kappa shape index (κ1) is 27.3. The molecular weight excluding hydrogens is 546 g/mol. The SMILES string of the molecule is COc1cc([C@@H]2c3cc4c(cc3[C@@H](C(=O)NCC(=O)OCc3ccccc3)[C@H]3COC(=O)[C@H]23)OCO4)cc(OC)c1O. The summed E-state index contributed by atoms with van der Waals surface area (Å²) in [5, 5.41) is 13.2. The maximum Gasteiger partial charge on any atom is 0.325 e. The minimum Gasteiger partial charge on any atom is -0.502 e. The number of hydrogen-bond acceptors (Lipinski definition) is 10. The first-order valence-corrected chi connectivity index (χ1v) is 13.4. The quantitative estimate of drug-likeness (QED) is 0.386. The predicted molar refractivity (Wildman–Crippen MR) is 146 cm³/mol. The summed E-state index contributed by atoms with van der Waals surface area (Å²) >= 11 is 0. The lowest BCUT2D eigenvalue weighted by Gasteiger charge is -2.38. The number of hydrogen-bond donors (Lipinski definition) is 2. The molecule has 11 heteroatoms. The van der Waals surface area contributed by atoms with Crippen molar-refractivity contribution in [1.29, 1.82) is 0 Å². The van der Waals surface area contributed by atoms with E-state index in [2.05, 4.69) is 5.32 Å². The number of benzene rings is 3. The van der Waals surface area contributed by atoms with E-state index in [1.54, 1.807) is 24.3 Å². The number of aromatic hydroxyl groups is 1. The summed E-state index contributed by atoms with van der Waals surface area (Å²) in [4.78, 5) is 39.5. The molecule has 1 aliphatic carbocycles. The number of methoxy groups -OCH3 is 2. The molecule has 3 aromatic carbocycles. The fourth-order valence-electron chi connectivity index (χ4n) is 6.05. The number of amides is 1. The van der Waals surface area contributed by atoms with Gasteiger partial charge >= 0.3 is 11.9 Å². The van der Waals surface area contributed by atoms with Crippen LogP contribution in [0.3, 0.4) is 0 Å². The van der Waals surface area contributed by atoms with Crippen molar-refractivity contribution in [2.24, 2.45) is 11.8 Å². The molecule has 2 heterocycles. The van der Waals surface area contributed by atoms with Crippen LogP contribution < -0.4 is 24.3 Å². The van der Waals surface area contributed by atoms with Gasteiger partial charge in [-0.05, 0) is 46.5 Å². The highest BCUT2D eigenvalue weighted by atomic mass is 16.7. The number of nitrogens with one attached hydrogen (secondary N) is 1. The molecule has 0 unspecified atom stereocenters. The van der Waals surface area contributed by atoms with Crippen LogP contribution in [0.15, 0.2) is 54.6 Å². The number of carbonyl (C=O) groups is 3. The molecule has 4 atom stereocenters. The largest absolute Gasteiger partial charge is 0.502 e. The zero-order valence-electron chi connectivity index (χ0n) is 23.0. The minimum atomic E-state index is -0.829. The molecule has 11 nitrogen and oxygen atoms in total. The normalized spacial score (nSPS) is 21.5. The summed E-state index contributed by atoms with van der Waals surface area (Å²) in [5.41, 5.74) is 2.72. The maximum atomic E-state index is 13.7. The molecule has 218 valence electrons. The standard InChI is InChI=1S/C31H29NO10/c1-37-23-8-17(9-24(38-2)29(23)34)26-18-10-21-22(42-15-41-21)11-19(18)27(20-14-40-31(36)28(20)26)30(35)32-12-25(33)39-13-16-6-4-3-5-7-16/h3-11,20,26-28,34H,12-15H2,1-2H3,(H,32,35)/t20-,26-,27-,28+/m1/s1. The van der Waals surface area contributed by atoms with Crippen molar-refractivity contribution in [2.75, 3.05) is 34.2 Å². The number of ether oxygens (including phenoxy) is 6. The first-order valence-electron chi connectivity index (χ1n) is 13.4. The van der Waals surface area contributed by atoms with Gasteiger partial charge in [0.2, 0.25) is 18.4 Å². The highest BCUT2D eigenvalue weighted by Gasteiger charge is 2.54. The van der Waals surface area contributed by atoms with Crippen molar-refractivity contribution < 1.29 is 47.9 Å². The van der Waals surface area contributed by atoms with Gasteiger partial charge in [0.1, 0.15) is 13.2 Å². The number of rotatable bonds is 8. The molecule has 2 aliphatic heterocycles. The van der Waals surface area contributed by atoms with Crippen molar-refractivity contribution in [3.63, 3.8) is 0 Å². The molecule has 6 rings (SSSR count). The van der Waals surface area contributed by atoms with Crippen LogP contribution in [0.5, 0.6) is 28.7 Å². The van der Waals surface area contributed by atoms with Crippen LogP contribution >= 0.6 is 0 Å². The molecule has 0 radical (unpaired) electrons. The average molecular weight is 576 g/mol. The number of carbonyl (C=O) groups excluding carboxylic acids is 3. The Morgan fingerprint density at radius 3 is 2.29 bits per heavy atom. The van der Waals surface area contributed by atoms with Crippen molar-refractivity contribution >= 4 is 17.8 Å². The van der Waals surface area contributed by atoms with Gasteiger partial charge in [0.25, 0.3) is 0 Å². The van der Waals surface area contributed by atoms with Crippen LogP contribution in [-0.2, 0) is 30.5 Å². The summed E-state index contributed by atoms with van der Waals surface area (Å²) in [7, 11) is 2.84. The number of phenols is 1. The Kier molecular flexibility index (Phi) is 7.24. The Morgan fingerprint density at radius 1 is 0.952 bits per heavy atom. The van der Waals surface area contributed by atoms with Gasteiger partial charge in [0.15, 0.2) is 23.0 Å². The van der Waals surface area contributed by atoms with Crippen molar-refractivity contribution in [3.8, 4) is 28.7 Å². The van der Waals surface area contributed by atoms with E-state index < -0.39 is 41.5 Å². The zero-order valence-corrected chi connectivity index (χ0v) is 23.0. The smallest absolute Gasteiger partial charge is 0.325 e. The van der Waals surface area contributed by atoms with E-state index in [9.17, 15) is 19.5 Å². The van der Waals surface area contributed by atoms with E-state index in [0.29, 0.717) is 28.2 Å². The second-order valence-electron chi connectivity index (χ2n) is 10.2. The van der Waals surface area contributed by atoms with Crippen LogP contribution in [0.2, 0.25) is 0 Å². The van der Waals surface area contributed by atoms with E-state index in [1.807, 2.05) is 30.3 Å². The van der Waals surface area contributed by atoms with E-state index in [4.69, 9.17) is 28.4 Å². The van der Waals surface area contributed by atoms with Crippen molar-refractivity contribution in [1.82, 2.24) is 5.32 Å². The Labute approximate surface area is 241 Å². The number of fused-ring (bicyclic) bond motifs is 3. The molecule has 0 saturated carbocycles. The molecule has 1 saturated heterocycles. The molecule has 3 aromatic rings. The highest BCUT2D eigenvalue weighted by molar-refractivity contribution is 5.91. The molecule has 42 heavy (non-hydrogen) atoms. The molecule has 1 amide bonds. The summed E-state index contributed by atoms with van der Waals surface area (Å²) in [6.45, 7) is -0.233. The van der Waals surface area contributed by atoms with E-state index >= 15 is 0 Å². The molecular formula is C31H29NO10. The van der Waals surface area contributed by atoms with Gasteiger partial charge in [-0.15, -0.1) is 0 Å². The van der Waals surface area contributed by atoms with Gasteiger partial charge in [0.05, 0.1) is 32.7 Å². The molecule has 0 bridgehead atoms. The van der Waals surface area contributed by atoms with Gasteiger partial charge in [-0.1, -0.05) is 30.3 Å². The predicted octanol–water partition coefficient (Wildman–Crippen LogP) is 3.02. The summed E-state index contributed by atoms with van der Waals surface area (Å²) in [5.74, 6) is -3.10. The third-order valence-corrected chi connectivity index (χ3v) is 7.98. The van der Waals surface area contributed by atoms with Gasteiger partial charge in [0, 0.05) is 11.8 Å². The minimum absolute atomic E-state index is 0.0107. The Bertz CT molecular complexity index is 1510. The average Bonchev–Trinajstić information content (AvgIpc) is 3.63. The molecule has 3 aliphatic rings. The van der Waals surface area contributed by atoms with Crippen LogP contribution in [0.1, 0.15) is 34.1 Å². The lowest BCUT2D eigenvalue weighted by Crippen LogP contribution is -2.43. The highest BCUT2D eigenvalue weighted by Crippen LogP contribution is 2.56. The Hall–Kier alpha value is -4.93. The van der Waals surface area contributed by atoms with Crippen LogP contribution in [0.4, 0.5) is 0 Å². The summed E-state index contributed by atoms with van der Waals surface area (Å²) in [6, 6.07) is 16.0. The fraction of sp³-hybridized carbons (Fsp3) is 0.323. The summed E-state index contributed by atoms with van der Waals surface area (Å²) in [6.07, 6.45) is 0. The molecule has 2 N–H and O–H groups in total. The molecule has 0 aromatic heterocycles. The lowest BCUT2D eigenvalue weighted by atomic mass is 9.62. The van der Waals surface area contributed by atoms with E-state index in [0.717, 1.165) is 5.56 Å². The topological polar surface area (TPSA) is 139 Å². The van der Waals surface area contributed by atoms with Crippen molar-refractivity contribution in [2.45, 2.75) is 18.4 Å². The molecule has 0 spiro atoms. The Morgan fingerprint density at radius 2 is 1.62 bits per heavy atom. The van der Waals surface area contributed by atoms with Gasteiger partial charge in [-0.2, -0.15) is 0 Å². The number of cyclic esters (lactones) is 1. The Balaban J connectivity index is 1.35. The number of phenolic OH excluding ortho intramolecular Hbond substituents is 1. The third-order valence-electron chi connectivity index (χ3n) is 7.98. The zero-order chi connectivity index (χ0) is 29.4. The summed E-state index contributed by atoms with van der Waals surface area (Å²) < 4.78 is 32.9.